The highest BCUT2D eigenvalue weighted by atomic mass is 16.6. The average Bonchev–Trinajstić information content (AvgIpc) is 3.38. The fourth-order valence-electron chi connectivity index (χ4n) is 3.69. The van der Waals surface area contributed by atoms with Gasteiger partial charge in [-0.2, -0.15) is 10.4 Å². The molecule has 1 aliphatic heterocycles. The van der Waals surface area contributed by atoms with Gasteiger partial charge >= 0.3 is 6.09 Å². The minimum absolute atomic E-state index is 0.339. The minimum Gasteiger partial charge on any atom is -0.444 e. The molecule has 0 spiro atoms. The maximum absolute atomic E-state index is 12.3. The monoisotopic (exact) mass is 421 g/mol. The Labute approximate surface area is 178 Å². The molecule has 1 N–H and O–H groups in total. The zero-order valence-corrected chi connectivity index (χ0v) is 17.8. The predicted molar refractivity (Wildman–Crippen MR) is 112 cm³/mol. The number of aromatic nitrogens is 4. The molecule has 2 aromatic heterocycles. The number of rotatable bonds is 4. The number of ether oxygens (including phenoxy) is 1. The Morgan fingerprint density at radius 3 is 2.87 bits per heavy atom. The summed E-state index contributed by atoms with van der Waals surface area (Å²) in [4.78, 5) is 18.4. The van der Waals surface area contributed by atoms with Crippen molar-refractivity contribution in [1.82, 2.24) is 25.4 Å². The SMILES string of the molecule is CN(CCC1=Nc2[nH]ncc2C(c2cccc3nonc23)C1C#N)C(=O)OC(C)(C)C. The number of hydrogen-bond donors (Lipinski definition) is 1. The topological polar surface area (TPSA) is 133 Å². The molecule has 0 fully saturated rings. The zero-order valence-electron chi connectivity index (χ0n) is 17.8. The van der Waals surface area contributed by atoms with Gasteiger partial charge in [0.2, 0.25) is 0 Å². The largest absolute Gasteiger partial charge is 0.444 e. The first-order valence-corrected chi connectivity index (χ1v) is 9.94. The number of hydrogen-bond acceptors (Lipinski definition) is 8. The van der Waals surface area contributed by atoms with Crippen molar-refractivity contribution < 1.29 is 14.2 Å². The number of carbonyl (C=O) groups excluding carboxylic acids is 1. The molecule has 3 aromatic rings. The molecule has 4 rings (SSSR count). The van der Waals surface area contributed by atoms with Crippen molar-refractivity contribution in [2.24, 2.45) is 10.9 Å². The predicted octanol–water partition coefficient (Wildman–Crippen LogP) is 3.56. The molecule has 0 bridgehead atoms. The summed E-state index contributed by atoms with van der Waals surface area (Å²) < 4.78 is 10.3. The summed E-state index contributed by atoms with van der Waals surface area (Å²) in [6, 6.07) is 7.97. The Bertz CT molecular complexity index is 1180. The maximum Gasteiger partial charge on any atom is 0.410 e. The van der Waals surface area contributed by atoms with Gasteiger partial charge in [-0.1, -0.05) is 12.1 Å². The van der Waals surface area contributed by atoms with Gasteiger partial charge in [-0.25, -0.2) is 14.4 Å². The molecule has 1 aliphatic rings. The Morgan fingerprint density at radius 1 is 1.32 bits per heavy atom. The van der Waals surface area contributed by atoms with Crippen LogP contribution in [0.1, 0.15) is 44.2 Å². The van der Waals surface area contributed by atoms with E-state index in [0.29, 0.717) is 35.5 Å². The summed E-state index contributed by atoms with van der Waals surface area (Å²) in [7, 11) is 1.67. The molecule has 0 saturated carbocycles. The van der Waals surface area contributed by atoms with E-state index in [2.05, 4.69) is 31.6 Å². The van der Waals surface area contributed by atoms with Gasteiger partial charge in [0.15, 0.2) is 5.82 Å². The lowest BCUT2D eigenvalue weighted by atomic mass is 9.77. The van der Waals surface area contributed by atoms with Crippen LogP contribution in [-0.2, 0) is 4.74 Å². The van der Waals surface area contributed by atoms with E-state index in [0.717, 1.165) is 11.1 Å². The fraction of sp³-hybridized carbons (Fsp3) is 0.429. The molecular weight excluding hydrogens is 398 g/mol. The number of benzene rings is 1. The molecule has 2 atom stereocenters. The highest BCUT2D eigenvalue weighted by Gasteiger charge is 2.37. The van der Waals surface area contributed by atoms with E-state index < -0.39 is 17.6 Å². The molecule has 1 aromatic carbocycles. The van der Waals surface area contributed by atoms with Gasteiger partial charge in [0.05, 0.1) is 18.2 Å². The van der Waals surface area contributed by atoms with Crippen molar-refractivity contribution in [3.63, 3.8) is 0 Å². The van der Waals surface area contributed by atoms with Gasteiger partial charge in [-0.15, -0.1) is 0 Å². The number of nitrogens with one attached hydrogen (secondary N) is 1. The van der Waals surface area contributed by atoms with Crippen molar-refractivity contribution in [3.8, 4) is 6.07 Å². The maximum atomic E-state index is 12.3. The first kappa shape index (κ1) is 20.5. The number of nitriles is 1. The van der Waals surface area contributed by atoms with Gasteiger partial charge < -0.3 is 9.64 Å². The molecule has 2 unspecified atom stereocenters. The van der Waals surface area contributed by atoms with E-state index >= 15 is 0 Å². The van der Waals surface area contributed by atoms with Crippen LogP contribution in [0.5, 0.6) is 0 Å². The van der Waals surface area contributed by atoms with Crippen LogP contribution in [0.25, 0.3) is 11.0 Å². The van der Waals surface area contributed by atoms with Gasteiger partial charge in [0.1, 0.15) is 16.6 Å². The van der Waals surface area contributed by atoms with Crippen LogP contribution in [0.4, 0.5) is 10.6 Å². The fourth-order valence-corrected chi connectivity index (χ4v) is 3.69. The third-order valence-corrected chi connectivity index (χ3v) is 5.13. The number of aliphatic imine (C=N–C) groups is 1. The van der Waals surface area contributed by atoms with Gasteiger partial charge in [-0.3, -0.25) is 5.10 Å². The van der Waals surface area contributed by atoms with Crippen LogP contribution in [0.2, 0.25) is 0 Å². The van der Waals surface area contributed by atoms with Crippen molar-refractivity contribution in [2.45, 2.75) is 38.7 Å². The van der Waals surface area contributed by atoms with Gasteiger partial charge in [0.25, 0.3) is 0 Å². The lowest BCUT2D eigenvalue weighted by Crippen LogP contribution is -2.36. The molecule has 1 amide bonds. The quantitative estimate of drug-likeness (QED) is 0.681. The number of H-pyrrole nitrogens is 1. The molecule has 0 radical (unpaired) electrons. The van der Waals surface area contributed by atoms with Crippen LogP contribution in [-0.4, -0.2) is 56.4 Å². The summed E-state index contributed by atoms with van der Waals surface area (Å²) >= 11 is 0. The first-order valence-electron chi connectivity index (χ1n) is 9.94. The third-order valence-electron chi connectivity index (χ3n) is 5.13. The number of carbonyl (C=O) groups is 1. The van der Waals surface area contributed by atoms with Crippen LogP contribution in [0, 0.1) is 17.2 Å². The Balaban J connectivity index is 1.64. The molecule has 10 nitrogen and oxygen atoms in total. The Kier molecular flexibility index (Phi) is 5.19. The average molecular weight is 421 g/mol. The smallest absolute Gasteiger partial charge is 0.410 e. The van der Waals surface area contributed by atoms with Gasteiger partial charge in [-0.05, 0) is 42.7 Å². The third kappa shape index (κ3) is 3.99. The molecule has 0 saturated heterocycles. The molecule has 31 heavy (non-hydrogen) atoms. The molecule has 10 heteroatoms. The van der Waals surface area contributed by atoms with E-state index in [1.807, 2.05) is 32.9 Å². The molecule has 0 aliphatic carbocycles. The molecular formula is C21H23N7O3. The number of nitrogens with zero attached hydrogens (tertiary/aromatic N) is 6. The molecule has 3 heterocycles. The second-order valence-corrected chi connectivity index (χ2v) is 8.49. The van der Waals surface area contributed by atoms with E-state index in [9.17, 15) is 10.1 Å². The second kappa shape index (κ2) is 7.83. The van der Waals surface area contributed by atoms with Crippen LogP contribution >= 0.6 is 0 Å². The highest BCUT2D eigenvalue weighted by Crippen LogP contribution is 2.43. The summed E-state index contributed by atoms with van der Waals surface area (Å²) in [5.41, 5.74) is 2.93. The van der Waals surface area contributed by atoms with Crippen molar-refractivity contribution in [2.75, 3.05) is 13.6 Å². The van der Waals surface area contributed by atoms with E-state index in [1.165, 1.54) is 4.90 Å². The lowest BCUT2D eigenvalue weighted by Gasteiger charge is -2.29. The van der Waals surface area contributed by atoms with Gasteiger partial charge in [0, 0.05) is 37.2 Å². The summed E-state index contributed by atoms with van der Waals surface area (Å²) in [6.07, 6.45) is 1.68. The second-order valence-electron chi connectivity index (χ2n) is 8.49. The van der Waals surface area contributed by atoms with E-state index in [-0.39, 0.29) is 5.92 Å². The number of amides is 1. The standard InChI is InChI=1S/C21H23N7O3/c1-21(2,3)30-20(29)28(4)9-8-15-13(10-22)17(14-11-23-25-19(14)24-15)12-6-5-7-16-18(12)27-31-26-16/h5-7,11,13,17H,8-9H2,1-4H3,(H,23,25). The first-order chi connectivity index (χ1) is 14.8. The minimum atomic E-state index is -0.580. The van der Waals surface area contributed by atoms with Crippen molar-refractivity contribution >= 4 is 28.7 Å². The normalized spacial score (nSPS) is 18.2. The van der Waals surface area contributed by atoms with Crippen LogP contribution in [0.3, 0.4) is 0 Å². The summed E-state index contributed by atoms with van der Waals surface area (Å²) in [5, 5.41) is 25.1. The van der Waals surface area contributed by atoms with Crippen LogP contribution in [0.15, 0.2) is 34.0 Å². The Morgan fingerprint density at radius 2 is 2.13 bits per heavy atom. The van der Waals surface area contributed by atoms with Crippen LogP contribution < -0.4 is 0 Å². The summed E-state index contributed by atoms with van der Waals surface area (Å²) in [5.74, 6) is -0.298. The van der Waals surface area contributed by atoms with E-state index in [4.69, 9.17) is 9.37 Å². The zero-order chi connectivity index (χ0) is 22.2. The van der Waals surface area contributed by atoms with Crippen molar-refractivity contribution in [1.29, 1.82) is 5.26 Å². The molecule has 160 valence electrons. The Hall–Kier alpha value is -3.74. The summed E-state index contributed by atoms with van der Waals surface area (Å²) in [6.45, 7) is 5.82. The highest BCUT2D eigenvalue weighted by molar-refractivity contribution is 5.95. The lowest BCUT2D eigenvalue weighted by molar-refractivity contribution is 0.0303. The van der Waals surface area contributed by atoms with E-state index in [1.54, 1.807) is 19.3 Å². The number of aromatic amines is 1. The number of fused-ring (bicyclic) bond motifs is 2. The van der Waals surface area contributed by atoms with Crippen molar-refractivity contribution in [3.05, 3.63) is 35.5 Å².